The Bertz CT molecular complexity index is 591. The summed E-state index contributed by atoms with van der Waals surface area (Å²) in [5, 5.41) is 4.16. The molecule has 4 N–H and O–H groups in total. The molecule has 1 aromatic rings. The molecule has 0 fully saturated rings. The molecule has 1 aromatic heterocycles. The van der Waals surface area contributed by atoms with Crippen molar-refractivity contribution in [2.24, 2.45) is 5.73 Å². The smallest absolute Gasteiger partial charge is 0.240 e. The lowest BCUT2D eigenvalue weighted by molar-refractivity contribution is 0.698. The van der Waals surface area contributed by atoms with Crippen molar-refractivity contribution in [1.29, 1.82) is 0 Å². The molecule has 1 aliphatic carbocycles. The van der Waals surface area contributed by atoms with E-state index in [1.54, 1.807) is 10.8 Å². The summed E-state index contributed by atoms with van der Waals surface area (Å²) >= 11 is 0. The molecule has 0 saturated carbocycles. The summed E-state index contributed by atoms with van der Waals surface area (Å²) in [4.78, 5) is 4.09. The highest BCUT2D eigenvalue weighted by molar-refractivity contribution is 5.65. The number of hydrogen-bond donors (Lipinski definition) is 2. The van der Waals surface area contributed by atoms with Gasteiger partial charge >= 0.3 is 0 Å². The van der Waals surface area contributed by atoms with Gasteiger partial charge in [-0.15, -0.1) is 5.10 Å². The third-order valence-electron chi connectivity index (χ3n) is 3.28. The number of allylic oxidation sites excluding steroid dienone is 4. The van der Waals surface area contributed by atoms with Crippen LogP contribution in [0.4, 0.5) is 5.95 Å². The van der Waals surface area contributed by atoms with Crippen molar-refractivity contribution in [3.8, 4) is 0 Å². The van der Waals surface area contributed by atoms with E-state index >= 15 is 0 Å². The van der Waals surface area contributed by atoms with E-state index in [0.717, 1.165) is 30.5 Å². The van der Waals surface area contributed by atoms with Crippen molar-refractivity contribution in [1.82, 2.24) is 14.8 Å². The fourth-order valence-corrected chi connectivity index (χ4v) is 2.31. The Morgan fingerprint density at radius 1 is 1.29 bits per heavy atom. The van der Waals surface area contributed by atoms with Crippen LogP contribution in [0.15, 0.2) is 36.5 Å². The maximum Gasteiger partial charge on any atom is 0.240 e. The molecule has 134 valence electrons. The van der Waals surface area contributed by atoms with Gasteiger partial charge in [-0.25, -0.2) is 4.68 Å². The van der Waals surface area contributed by atoms with Crippen LogP contribution in [-0.2, 0) is 0 Å². The Morgan fingerprint density at radius 3 is 2.38 bits per heavy atom. The quantitative estimate of drug-likeness (QED) is 0.837. The first-order valence-electron chi connectivity index (χ1n) is 8.70. The van der Waals surface area contributed by atoms with E-state index in [1.165, 1.54) is 5.57 Å². The van der Waals surface area contributed by atoms with Gasteiger partial charge in [0.15, 0.2) is 5.82 Å². The Morgan fingerprint density at radius 2 is 1.92 bits per heavy atom. The minimum atomic E-state index is 0.196. The molecular formula is C19H33N5. The standard InChI is InChI=1S/C15H21N5.2C2H6/c1-4-14-18-15(17)19-20(14)11(3)13-7-5-12(6-8-13)9-10(2)16;2*1-2/h4-5,7,10H,1,3,6,8-9,16H2,2H3,(H2,17,19);2*1-2H3. The maximum atomic E-state index is 5.82. The maximum absolute atomic E-state index is 5.82. The van der Waals surface area contributed by atoms with E-state index in [1.807, 2.05) is 34.6 Å². The summed E-state index contributed by atoms with van der Waals surface area (Å²) in [6.45, 7) is 17.8. The van der Waals surface area contributed by atoms with Gasteiger partial charge in [0.05, 0.1) is 5.70 Å². The summed E-state index contributed by atoms with van der Waals surface area (Å²) < 4.78 is 1.64. The number of nitrogens with zero attached hydrogens (tertiary/aromatic N) is 3. The van der Waals surface area contributed by atoms with Crippen molar-refractivity contribution >= 4 is 17.7 Å². The first-order chi connectivity index (χ1) is 11.5. The van der Waals surface area contributed by atoms with Gasteiger partial charge < -0.3 is 11.5 Å². The number of rotatable bonds is 5. The van der Waals surface area contributed by atoms with Gasteiger partial charge in [-0.2, -0.15) is 4.98 Å². The normalized spacial score (nSPS) is 14.1. The average Bonchev–Trinajstić information content (AvgIpc) is 2.99. The molecule has 2 rings (SSSR count). The zero-order valence-corrected chi connectivity index (χ0v) is 15.8. The van der Waals surface area contributed by atoms with Crippen LogP contribution in [0.25, 0.3) is 11.8 Å². The zero-order valence-electron chi connectivity index (χ0n) is 15.8. The van der Waals surface area contributed by atoms with Crippen LogP contribution >= 0.6 is 0 Å². The largest absolute Gasteiger partial charge is 0.366 e. The highest BCUT2D eigenvalue weighted by atomic mass is 15.4. The van der Waals surface area contributed by atoms with Crippen molar-refractivity contribution in [2.45, 2.75) is 59.9 Å². The van der Waals surface area contributed by atoms with Crippen LogP contribution in [0.5, 0.6) is 0 Å². The van der Waals surface area contributed by atoms with E-state index in [0.29, 0.717) is 5.82 Å². The van der Waals surface area contributed by atoms with Crippen LogP contribution in [0.2, 0.25) is 0 Å². The van der Waals surface area contributed by atoms with Gasteiger partial charge in [-0.1, -0.05) is 58.6 Å². The number of aromatic nitrogens is 3. The number of anilines is 1. The lowest BCUT2D eigenvalue weighted by Crippen LogP contribution is -2.16. The zero-order chi connectivity index (χ0) is 18.7. The lowest BCUT2D eigenvalue weighted by Gasteiger charge is -2.18. The number of nitrogens with two attached hydrogens (primary N) is 2. The molecule has 0 bridgehead atoms. The second-order valence-electron chi connectivity index (χ2n) is 5.09. The van der Waals surface area contributed by atoms with Crippen molar-refractivity contribution in [3.63, 3.8) is 0 Å². The first-order valence-corrected chi connectivity index (χ1v) is 8.70. The van der Waals surface area contributed by atoms with Gasteiger partial charge in [0, 0.05) is 6.04 Å². The van der Waals surface area contributed by atoms with Crippen LogP contribution in [0, 0.1) is 0 Å². The molecule has 0 spiro atoms. The summed E-state index contributed by atoms with van der Waals surface area (Å²) in [5.74, 6) is 0.837. The SMILES string of the molecule is C=Cc1nc(N)nn1C(=C)C1=CC=C(CC(C)N)CC1.CC.CC. The van der Waals surface area contributed by atoms with Crippen molar-refractivity contribution < 1.29 is 0 Å². The van der Waals surface area contributed by atoms with Gasteiger partial charge in [0.1, 0.15) is 0 Å². The second kappa shape index (κ2) is 11.4. The van der Waals surface area contributed by atoms with Crippen molar-refractivity contribution in [2.75, 3.05) is 5.73 Å². The highest BCUT2D eigenvalue weighted by Gasteiger charge is 2.15. The average molecular weight is 332 g/mol. The predicted octanol–water partition coefficient (Wildman–Crippen LogP) is 4.41. The molecule has 5 heteroatoms. The Labute approximate surface area is 146 Å². The van der Waals surface area contributed by atoms with Gasteiger partial charge in [-0.05, 0) is 37.8 Å². The molecule has 0 radical (unpaired) electrons. The molecule has 0 aromatic carbocycles. The fraction of sp³-hybridized carbons (Fsp3) is 0.474. The molecule has 1 atom stereocenters. The first kappa shape index (κ1) is 21.9. The van der Waals surface area contributed by atoms with Crippen molar-refractivity contribution in [3.05, 3.63) is 42.3 Å². The van der Waals surface area contributed by atoms with Gasteiger partial charge in [0.2, 0.25) is 5.95 Å². The fourth-order valence-electron chi connectivity index (χ4n) is 2.31. The van der Waals surface area contributed by atoms with E-state index in [-0.39, 0.29) is 12.0 Å². The summed E-state index contributed by atoms with van der Waals surface area (Å²) in [7, 11) is 0. The van der Waals surface area contributed by atoms with Gasteiger partial charge in [-0.3, -0.25) is 0 Å². The Kier molecular flexibility index (Phi) is 10.4. The molecule has 0 saturated heterocycles. The van der Waals surface area contributed by atoms with E-state index < -0.39 is 0 Å². The third-order valence-corrected chi connectivity index (χ3v) is 3.28. The Hall–Kier alpha value is -2.14. The molecule has 24 heavy (non-hydrogen) atoms. The van der Waals surface area contributed by atoms with E-state index in [4.69, 9.17) is 11.5 Å². The van der Waals surface area contributed by atoms with Crippen LogP contribution < -0.4 is 11.5 Å². The summed E-state index contributed by atoms with van der Waals surface area (Å²) in [6, 6.07) is 0.196. The molecule has 1 heterocycles. The molecule has 1 unspecified atom stereocenters. The van der Waals surface area contributed by atoms with Crippen LogP contribution in [-0.4, -0.2) is 20.8 Å². The minimum absolute atomic E-state index is 0.196. The molecular weight excluding hydrogens is 298 g/mol. The second-order valence-corrected chi connectivity index (χ2v) is 5.09. The molecule has 5 nitrogen and oxygen atoms in total. The number of nitrogen functional groups attached to an aromatic ring is 1. The monoisotopic (exact) mass is 331 g/mol. The molecule has 0 aliphatic heterocycles. The molecule has 0 amide bonds. The number of hydrogen-bond acceptors (Lipinski definition) is 4. The van der Waals surface area contributed by atoms with Crippen LogP contribution in [0.3, 0.4) is 0 Å². The lowest BCUT2D eigenvalue weighted by atomic mass is 9.93. The minimum Gasteiger partial charge on any atom is -0.366 e. The highest BCUT2D eigenvalue weighted by Crippen LogP contribution is 2.28. The summed E-state index contributed by atoms with van der Waals surface area (Å²) in [5.41, 5.74) is 14.7. The topological polar surface area (TPSA) is 82.8 Å². The molecule has 1 aliphatic rings. The van der Waals surface area contributed by atoms with Crippen LogP contribution in [0.1, 0.15) is 59.7 Å². The third kappa shape index (κ3) is 6.16. The van der Waals surface area contributed by atoms with E-state index in [9.17, 15) is 0 Å². The van der Waals surface area contributed by atoms with Gasteiger partial charge in [0.25, 0.3) is 0 Å². The van der Waals surface area contributed by atoms with E-state index in [2.05, 4.69) is 35.4 Å². The Balaban J connectivity index is 0.00000123. The predicted molar refractivity (Wildman–Crippen MR) is 106 cm³/mol. The summed E-state index contributed by atoms with van der Waals surface area (Å²) in [6.07, 6.45) is 8.68.